The van der Waals surface area contributed by atoms with Gasteiger partial charge in [-0.1, -0.05) is 55.8 Å². The number of likely N-dealkylation sites (N-methyl/N-ethyl adjacent to an activating group) is 1. The molecule has 2 amide bonds. The van der Waals surface area contributed by atoms with Gasteiger partial charge in [0.05, 0.1) is 12.0 Å². The molecule has 0 fully saturated rings. The van der Waals surface area contributed by atoms with E-state index < -0.39 is 5.92 Å². The van der Waals surface area contributed by atoms with Gasteiger partial charge in [-0.2, -0.15) is 0 Å². The van der Waals surface area contributed by atoms with Crippen LogP contribution in [-0.4, -0.2) is 30.3 Å². The van der Waals surface area contributed by atoms with Gasteiger partial charge in [-0.3, -0.25) is 9.59 Å². The van der Waals surface area contributed by atoms with Crippen molar-refractivity contribution in [1.82, 2.24) is 4.90 Å². The summed E-state index contributed by atoms with van der Waals surface area (Å²) in [7, 11) is 1.79. The summed E-state index contributed by atoms with van der Waals surface area (Å²) < 4.78 is 0. The van der Waals surface area contributed by atoms with Crippen molar-refractivity contribution in [3.8, 4) is 0 Å². The van der Waals surface area contributed by atoms with Crippen molar-refractivity contribution in [2.24, 2.45) is 5.92 Å². The molecule has 0 bridgehead atoms. The quantitative estimate of drug-likeness (QED) is 0.442. The first-order chi connectivity index (χ1) is 15.3. The number of amides is 2. The zero-order valence-electron chi connectivity index (χ0n) is 18.7. The lowest BCUT2D eigenvalue weighted by Crippen LogP contribution is -2.48. The second-order valence-corrected chi connectivity index (χ2v) is 10.1. The summed E-state index contributed by atoms with van der Waals surface area (Å²) in [5, 5.41) is 2.58. The first-order valence-corrected chi connectivity index (χ1v) is 12.0. The monoisotopic (exact) mass is 466 g/mol. The summed E-state index contributed by atoms with van der Waals surface area (Å²) in [5.74, 6) is -0.305. The van der Waals surface area contributed by atoms with Crippen LogP contribution in [0.25, 0.3) is 0 Å². The van der Waals surface area contributed by atoms with Crippen LogP contribution >= 0.6 is 22.9 Å². The lowest BCUT2D eigenvalue weighted by Gasteiger charge is -2.43. The molecule has 3 aromatic rings. The molecule has 0 spiro atoms. The molecular weight excluding hydrogens is 440 g/mol. The Morgan fingerprint density at radius 1 is 1.16 bits per heavy atom. The van der Waals surface area contributed by atoms with Gasteiger partial charge >= 0.3 is 0 Å². The van der Waals surface area contributed by atoms with Gasteiger partial charge in [-0.15, -0.1) is 11.3 Å². The number of thiophene rings is 1. The van der Waals surface area contributed by atoms with E-state index in [1.54, 1.807) is 23.3 Å². The molecule has 0 saturated carbocycles. The second-order valence-electron chi connectivity index (χ2n) is 8.70. The van der Waals surface area contributed by atoms with E-state index in [-0.39, 0.29) is 23.8 Å². The minimum atomic E-state index is -0.510. The number of halogens is 1. The first kappa shape index (κ1) is 22.6. The molecule has 0 aliphatic carbocycles. The van der Waals surface area contributed by atoms with Crippen molar-refractivity contribution in [2.75, 3.05) is 18.5 Å². The number of anilines is 1. The van der Waals surface area contributed by atoms with Gasteiger partial charge in [-0.05, 0) is 53.6 Å². The normalized spacial score (nSPS) is 18.1. The Labute approximate surface area is 198 Å². The van der Waals surface area contributed by atoms with Crippen LogP contribution < -0.4 is 4.90 Å². The van der Waals surface area contributed by atoms with Crippen molar-refractivity contribution in [3.05, 3.63) is 86.6 Å². The Morgan fingerprint density at radius 2 is 1.91 bits per heavy atom. The van der Waals surface area contributed by atoms with Crippen molar-refractivity contribution in [2.45, 2.75) is 32.7 Å². The fraction of sp³-hybridized carbons (Fsp3) is 0.308. The average molecular weight is 467 g/mol. The van der Waals surface area contributed by atoms with Crippen LogP contribution in [0.3, 0.4) is 0 Å². The van der Waals surface area contributed by atoms with E-state index >= 15 is 0 Å². The highest BCUT2D eigenvalue weighted by Crippen LogP contribution is 2.45. The van der Waals surface area contributed by atoms with Crippen molar-refractivity contribution in [3.63, 3.8) is 0 Å². The highest BCUT2D eigenvalue weighted by molar-refractivity contribution is 7.10. The molecule has 6 heteroatoms. The summed E-state index contributed by atoms with van der Waals surface area (Å²) >= 11 is 7.84. The van der Waals surface area contributed by atoms with E-state index in [2.05, 4.69) is 13.8 Å². The van der Waals surface area contributed by atoms with Crippen LogP contribution in [-0.2, 0) is 4.79 Å². The highest BCUT2D eigenvalue weighted by atomic mass is 35.5. The molecule has 1 aliphatic rings. The molecule has 1 aliphatic heterocycles. The molecular formula is C26H27ClN2O2S. The van der Waals surface area contributed by atoms with Gasteiger partial charge in [0.2, 0.25) is 5.91 Å². The lowest BCUT2D eigenvalue weighted by molar-refractivity contribution is -0.121. The largest absolute Gasteiger partial charge is 0.329 e. The Balaban J connectivity index is 1.88. The maximum atomic E-state index is 14.1. The van der Waals surface area contributed by atoms with Crippen molar-refractivity contribution >= 4 is 40.4 Å². The Bertz CT molecular complexity index is 1140. The summed E-state index contributed by atoms with van der Waals surface area (Å²) in [5.41, 5.74) is 3.14. The fourth-order valence-corrected chi connectivity index (χ4v) is 5.54. The molecule has 1 aromatic heterocycles. The number of fused-ring (bicyclic) bond motifs is 1. The Hall–Kier alpha value is -2.63. The standard InChI is InChI=1S/C26H27ClN2O2S/c1-16(2)15-29-24(22-10-7-13-32-22)23(19-8-5-6-9-20(19)25(29)30)26(31)28(4)21-14-18(27)12-11-17(21)3/h5-14,16,23-24H,15H2,1-4H3. The number of carbonyl (C=O) groups excluding carboxylic acids is 2. The third kappa shape index (κ3) is 4.07. The average Bonchev–Trinajstić information content (AvgIpc) is 3.30. The number of carbonyl (C=O) groups is 2. The van der Waals surface area contributed by atoms with E-state index in [1.165, 1.54) is 0 Å². The van der Waals surface area contributed by atoms with Crippen molar-refractivity contribution < 1.29 is 9.59 Å². The third-order valence-corrected chi connectivity index (χ3v) is 7.14. The number of benzene rings is 2. The van der Waals surface area contributed by atoms with Gasteiger partial charge in [-0.25, -0.2) is 0 Å². The number of hydrogen-bond acceptors (Lipinski definition) is 3. The predicted molar refractivity (Wildman–Crippen MR) is 132 cm³/mol. The molecule has 4 nitrogen and oxygen atoms in total. The van der Waals surface area contributed by atoms with Gasteiger partial charge in [0, 0.05) is 34.7 Å². The maximum Gasteiger partial charge on any atom is 0.254 e. The smallest absolute Gasteiger partial charge is 0.254 e. The SMILES string of the molecule is Cc1ccc(Cl)cc1N(C)C(=O)C1c2ccccc2C(=O)N(CC(C)C)C1c1cccs1. The topological polar surface area (TPSA) is 40.6 Å². The molecule has 2 aromatic carbocycles. The van der Waals surface area contributed by atoms with Gasteiger partial charge < -0.3 is 9.80 Å². The zero-order valence-corrected chi connectivity index (χ0v) is 20.3. The van der Waals surface area contributed by atoms with E-state index in [0.29, 0.717) is 17.1 Å². The predicted octanol–water partition coefficient (Wildman–Crippen LogP) is 6.31. The molecule has 32 heavy (non-hydrogen) atoms. The molecule has 0 saturated heterocycles. The first-order valence-electron chi connectivity index (χ1n) is 10.8. The zero-order chi connectivity index (χ0) is 23.0. The molecule has 0 N–H and O–H groups in total. The van der Waals surface area contributed by atoms with E-state index in [0.717, 1.165) is 21.7 Å². The van der Waals surface area contributed by atoms with Gasteiger partial charge in [0.25, 0.3) is 5.91 Å². The van der Waals surface area contributed by atoms with E-state index in [1.807, 2.05) is 71.8 Å². The minimum Gasteiger partial charge on any atom is -0.329 e. The van der Waals surface area contributed by atoms with Crippen LogP contribution in [0.1, 0.15) is 52.2 Å². The maximum absolute atomic E-state index is 14.1. The summed E-state index contributed by atoms with van der Waals surface area (Å²) in [6.07, 6.45) is 0. The number of nitrogens with zero attached hydrogens (tertiary/aromatic N) is 2. The van der Waals surface area contributed by atoms with Gasteiger partial charge in [0.1, 0.15) is 0 Å². The third-order valence-electron chi connectivity index (χ3n) is 5.96. The summed E-state index contributed by atoms with van der Waals surface area (Å²) in [6.45, 7) is 6.74. The van der Waals surface area contributed by atoms with Gasteiger partial charge in [0.15, 0.2) is 0 Å². The van der Waals surface area contributed by atoms with Crippen LogP contribution in [0.15, 0.2) is 60.0 Å². The van der Waals surface area contributed by atoms with E-state index in [9.17, 15) is 9.59 Å². The Morgan fingerprint density at radius 3 is 2.59 bits per heavy atom. The lowest BCUT2D eigenvalue weighted by atomic mass is 9.80. The molecule has 0 radical (unpaired) electrons. The van der Waals surface area contributed by atoms with Crippen LogP contribution in [0, 0.1) is 12.8 Å². The number of rotatable bonds is 5. The molecule has 2 unspecified atom stereocenters. The second kappa shape index (κ2) is 9.08. The molecule has 2 heterocycles. The molecule has 2 atom stereocenters. The molecule has 4 rings (SSSR count). The van der Waals surface area contributed by atoms with Crippen LogP contribution in [0.5, 0.6) is 0 Å². The van der Waals surface area contributed by atoms with Crippen LogP contribution in [0.4, 0.5) is 5.69 Å². The minimum absolute atomic E-state index is 0.0154. The highest BCUT2D eigenvalue weighted by Gasteiger charge is 2.45. The fourth-order valence-electron chi connectivity index (χ4n) is 4.50. The van der Waals surface area contributed by atoms with Crippen molar-refractivity contribution in [1.29, 1.82) is 0 Å². The summed E-state index contributed by atoms with van der Waals surface area (Å²) in [4.78, 5) is 32.3. The number of aryl methyl sites for hydroxylation is 1. The van der Waals surface area contributed by atoms with E-state index in [4.69, 9.17) is 11.6 Å². The molecule has 166 valence electrons. The number of hydrogen-bond donors (Lipinski definition) is 0. The van der Waals surface area contributed by atoms with Crippen LogP contribution in [0.2, 0.25) is 5.02 Å². The Kier molecular flexibility index (Phi) is 6.40. The summed E-state index contributed by atoms with van der Waals surface area (Å²) in [6, 6.07) is 16.7.